The van der Waals surface area contributed by atoms with E-state index in [1.165, 1.54) is 0 Å². The predicted molar refractivity (Wildman–Crippen MR) is 69.0 cm³/mol. The van der Waals surface area contributed by atoms with Crippen LogP contribution >= 0.6 is 15.9 Å². The highest BCUT2D eigenvalue weighted by Gasteiger charge is 2.29. The maximum Gasteiger partial charge on any atom is 0.238 e. The first-order valence-electron chi connectivity index (χ1n) is 4.78. The monoisotopic (exact) mass is 306 g/mol. The number of anilines is 1. The van der Waals surface area contributed by atoms with E-state index in [9.17, 15) is 8.42 Å². The molecule has 1 rings (SSSR count). The Morgan fingerprint density at radius 2 is 1.94 bits per heavy atom. The zero-order valence-electron chi connectivity index (χ0n) is 9.70. The van der Waals surface area contributed by atoms with Crippen molar-refractivity contribution in [1.29, 1.82) is 0 Å². The molecule has 1 aromatic heterocycles. The molecule has 0 radical (unpaired) electrons. The maximum atomic E-state index is 11.9. The van der Waals surface area contributed by atoms with Gasteiger partial charge in [0.05, 0.1) is 4.75 Å². The molecule has 1 heterocycles. The molecule has 16 heavy (non-hydrogen) atoms. The van der Waals surface area contributed by atoms with Crippen LogP contribution in [0.15, 0.2) is 16.7 Å². The Morgan fingerprint density at radius 3 is 2.38 bits per heavy atom. The van der Waals surface area contributed by atoms with Gasteiger partial charge in [0.25, 0.3) is 0 Å². The molecule has 0 aromatic carbocycles. The molecule has 0 aliphatic heterocycles. The molecule has 1 N–H and O–H groups in total. The number of aryl methyl sites for hydroxylation is 1. The van der Waals surface area contributed by atoms with E-state index < -0.39 is 14.8 Å². The van der Waals surface area contributed by atoms with E-state index in [0.29, 0.717) is 5.82 Å². The molecule has 0 spiro atoms. The Kier molecular flexibility index (Phi) is 3.64. The molecule has 0 aliphatic carbocycles. The molecule has 0 atom stereocenters. The largest absolute Gasteiger partial charge is 0.267 e. The normalized spacial score (nSPS) is 12.6. The fourth-order valence-electron chi connectivity index (χ4n) is 0.886. The van der Waals surface area contributed by atoms with Gasteiger partial charge in [0, 0.05) is 10.7 Å². The second-order valence-corrected chi connectivity index (χ2v) is 7.83. The van der Waals surface area contributed by atoms with E-state index >= 15 is 0 Å². The smallest absolute Gasteiger partial charge is 0.238 e. The van der Waals surface area contributed by atoms with Gasteiger partial charge in [-0.3, -0.25) is 4.72 Å². The lowest BCUT2D eigenvalue weighted by atomic mass is 10.3. The van der Waals surface area contributed by atoms with E-state index in [4.69, 9.17) is 0 Å². The van der Waals surface area contributed by atoms with Crippen molar-refractivity contribution < 1.29 is 8.42 Å². The molecule has 0 unspecified atom stereocenters. The number of hydrogen-bond acceptors (Lipinski definition) is 3. The van der Waals surface area contributed by atoms with Crippen LogP contribution in [0.3, 0.4) is 0 Å². The Labute approximate surface area is 105 Å². The molecule has 6 heteroatoms. The number of halogens is 1. The van der Waals surface area contributed by atoms with Crippen LogP contribution in [0.2, 0.25) is 0 Å². The van der Waals surface area contributed by atoms with Gasteiger partial charge in [-0.1, -0.05) is 0 Å². The third-order valence-electron chi connectivity index (χ3n) is 2.09. The van der Waals surface area contributed by atoms with Gasteiger partial charge in [-0.15, -0.1) is 0 Å². The minimum atomic E-state index is -3.41. The number of nitrogens with zero attached hydrogens (tertiary/aromatic N) is 1. The molecule has 90 valence electrons. The number of aromatic nitrogens is 1. The highest BCUT2D eigenvalue weighted by molar-refractivity contribution is 9.10. The van der Waals surface area contributed by atoms with Crippen molar-refractivity contribution in [2.24, 2.45) is 0 Å². The third-order valence-corrected chi connectivity index (χ3v) is 5.01. The summed E-state index contributed by atoms with van der Waals surface area (Å²) >= 11 is 3.31. The first-order chi connectivity index (χ1) is 7.13. The minimum Gasteiger partial charge on any atom is -0.267 e. The van der Waals surface area contributed by atoms with E-state index in [1.54, 1.807) is 33.0 Å². The summed E-state index contributed by atoms with van der Waals surface area (Å²) in [6.07, 6.45) is 1.58. The predicted octanol–water partition coefficient (Wildman–Crippen LogP) is 2.69. The van der Waals surface area contributed by atoms with Crippen LogP contribution in [-0.2, 0) is 10.0 Å². The Bertz CT molecular complexity index is 492. The van der Waals surface area contributed by atoms with Crippen molar-refractivity contribution in [2.75, 3.05) is 4.72 Å². The fraction of sp³-hybridized carbons (Fsp3) is 0.500. The Hall–Kier alpha value is -0.620. The average Bonchev–Trinajstić information content (AvgIpc) is 2.09. The van der Waals surface area contributed by atoms with E-state index in [-0.39, 0.29) is 0 Å². The second kappa shape index (κ2) is 4.33. The minimum absolute atomic E-state index is 0.343. The van der Waals surface area contributed by atoms with Crippen molar-refractivity contribution >= 4 is 31.8 Å². The van der Waals surface area contributed by atoms with Crippen LogP contribution in [0.25, 0.3) is 0 Å². The van der Waals surface area contributed by atoms with Crippen LogP contribution in [0.4, 0.5) is 5.82 Å². The number of pyridine rings is 1. The van der Waals surface area contributed by atoms with Gasteiger partial charge < -0.3 is 0 Å². The topological polar surface area (TPSA) is 59.1 Å². The quantitative estimate of drug-likeness (QED) is 0.914. The number of rotatable bonds is 2. The molecule has 0 aliphatic rings. The number of nitrogens with one attached hydrogen (secondary N) is 1. The van der Waals surface area contributed by atoms with Crippen molar-refractivity contribution in [2.45, 2.75) is 32.4 Å². The van der Waals surface area contributed by atoms with Crippen LogP contribution in [0.1, 0.15) is 26.3 Å². The maximum absolute atomic E-state index is 11.9. The summed E-state index contributed by atoms with van der Waals surface area (Å²) in [5, 5.41) is 0. The molecule has 0 saturated carbocycles. The zero-order chi connectivity index (χ0) is 12.6. The highest BCUT2D eigenvalue weighted by atomic mass is 79.9. The lowest BCUT2D eigenvalue weighted by molar-refractivity contribution is 0.566. The molecule has 4 nitrogen and oxygen atoms in total. The van der Waals surface area contributed by atoms with Crippen LogP contribution in [0, 0.1) is 6.92 Å². The van der Waals surface area contributed by atoms with Crippen molar-refractivity contribution in [3.05, 3.63) is 22.3 Å². The second-order valence-electron chi connectivity index (χ2n) is 4.54. The summed E-state index contributed by atoms with van der Waals surface area (Å²) < 4.78 is 26.2. The average molecular weight is 307 g/mol. The van der Waals surface area contributed by atoms with Gasteiger partial charge in [0.15, 0.2) is 0 Å². The number of sulfonamides is 1. The van der Waals surface area contributed by atoms with E-state index in [2.05, 4.69) is 25.6 Å². The van der Waals surface area contributed by atoms with Gasteiger partial charge >= 0.3 is 0 Å². The van der Waals surface area contributed by atoms with Crippen LogP contribution < -0.4 is 4.72 Å². The lowest BCUT2D eigenvalue weighted by Gasteiger charge is -2.20. The van der Waals surface area contributed by atoms with Crippen molar-refractivity contribution in [1.82, 2.24) is 4.98 Å². The Balaban J connectivity index is 3.03. The third kappa shape index (κ3) is 2.95. The molecule has 0 bridgehead atoms. The molecule has 0 fully saturated rings. The van der Waals surface area contributed by atoms with Gasteiger partial charge in [-0.2, -0.15) is 0 Å². The van der Waals surface area contributed by atoms with Crippen LogP contribution in [0.5, 0.6) is 0 Å². The summed E-state index contributed by atoms with van der Waals surface area (Å²) in [5.41, 5.74) is 0.932. The van der Waals surface area contributed by atoms with Gasteiger partial charge in [-0.25, -0.2) is 13.4 Å². The van der Waals surface area contributed by atoms with Gasteiger partial charge in [-0.05, 0) is 55.3 Å². The summed E-state index contributed by atoms with van der Waals surface area (Å²) in [7, 11) is -3.41. The van der Waals surface area contributed by atoms with Crippen LogP contribution in [-0.4, -0.2) is 18.1 Å². The summed E-state index contributed by atoms with van der Waals surface area (Å²) in [6, 6.07) is 1.69. The first kappa shape index (κ1) is 13.4. The number of hydrogen-bond donors (Lipinski definition) is 1. The molecule has 0 amide bonds. The summed E-state index contributed by atoms with van der Waals surface area (Å²) in [5.74, 6) is 0.343. The summed E-state index contributed by atoms with van der Waals surface area (Å²) in [6.45, 7) is 6.80. The Morgan fingerprint density at radius 1 is 1.38 bits per heavy atom. The first-order valence-corrected chi connectivity index (χ1v) is 7.05. The standard InChI is InChI=1S/C10H15BrN2O2S/c1-7-5-9(12-6-8(7)11)13-16(14,15)10(2,3)4/h5-6H,1-4H3,(H,12,13). The van der Waals surface area contributed by atoms with Gasteiger partial charge in [0.2, 0.25) is 10.0 Å². The van der Waals surface area contributed by atoms with Crippen molar-refractivity contribution in [3.63, 3.8) is 0 Å². The SMILES string of the molecule is Cc1cc(NS(=O)(=O)C(C)(C)C)ncc1Br. The van der Waals surface area contributed by atoms with E-state index in [1.807, 2.05) is 6.92 Å². The molecule has 0 saturated heterocycles. The fourth-order valence-corrected chi connectivity index (χ4v) is 1.80. The molecule has 1 aromatic rings. The summed E-state index contributed by atoms with van der Waals surface area (Å²) in [4.78, 5) is 4.00. The molecular weight excluding hydrogens is 292 g/mol. The van der Waals surface area contributed by atoms with Gasteiger partial charge in [0.1, 0.15) is 5.82 Å². The van der Waals surface area contributed by atoms with E-state index in [0.717, 1.165) is 10.0 Å². The molecular formula is C10H15BrN2O2S. The van der Waals surface area contributed by atoms with Crippen molar-refractivity contribution in [3.8, 4) is 0 Å². The highest BCUT2D eigenvalue weighted by Crippen LogP contribution is 2.21. The zero-order valence-corrected chi connectivity index (χ0v) is 12.1. The lowest BCUT2D eigenvalue weighted by Crippen LogP contribution is -2.33.